The van der Waals surface area contributed by atoms with Crippen molar-refractivity contribution in [3.05, 3.63) is 11.0 Å². The molecule has 78 valence electrons. The molecule has 0 radical (unpaired) electrons. The predicted molar refractivity (Wildman–Crippen MR) is 71.0 cm³/mol. The fourth-order valence-electron chi connectivity index (χ4n) is 2.04. The summed E-state index contributed by atoms with van der Waals surface area (Å²) in [6.07, 6.45) is 3.47. The lowest BCUT2D eigenvalue weighted by atomic mass is 10.0. The molecule has 0 aromatic carbocycles. The Labute approximate surface area is 101 Å². The molecule has 0 bridgehead atoms. The van der Waals surface area contributed by atoms with Crippen LogP contribution in [0.25, 0.3) is 0 Å². The number of thiocarbonyl (C=S) groups is 1. The number of nitrogens with zero attached hydrogens (tertiary/aromatic N) is 1. The Balaban J connectivity index is 2.29. The van der Waals surface area contributed by atoms with Crippen molar-refractivity contribution in [1.82, 2.24) is 4.90 Å². The molecule has 0 aromatic rings. The molecule has 0 spiro atoms. The number of fused-ring (bicyclic) bond motifs is 1. The predicted octanol–water partition coefficient (Wildman–Crippen LogP) is 2.93. The highest BCUT2D eigenvalue weighted by Gasteiger charge is 2.35. The Morgan fingerprint density at radius 1 is 1.64 bits per heavy atom. The van der Waals surface area contributed by atoms with E-state index in [4.69, 9.17) is 12.2 Å². The first-order valence-corrected chi connectivity index (χ1v) is 6.87. The van der Waals surface area contributed by atoms with Crippen LogP contribution in [0, 0.1) is 5.92 Å². The van der Waals surface area contributed by atoms with Crippen molar-refractivity contribution in [2.45, 2.75) is 31.7 Å². The highest BCUT2D eigenvalue weighted by atomic mass is 32.2. The molecule has 0 saturated carbocycles. The van der Waals surface area contributed by atoms with E-state index in [1.54, 1.807) is 0 Å². The van der Waals surface area contributed by atoms with Crippen molar-refractivity contribution < 1.29 is 0 Å². The van der Waals surface area contributed by atoms with Gasteiger partial charge in [0.05, 0.1) is 10.4 Å². The third-order valence-corrected chi connectivity index (χ3v) is 4.81. The summed E-state index contributed by atoms with van der Waals surface area (Å²) in [5.74, 6) is 1.73. The second kappa shape index (κ2) is 4.06. The molecule has 0 aromatic heterocycles. The highest BCUT2D eigenvalue weighted by molar-refractivity contribution is 8.03. The van der Waals surface area contributed by atoms with Gasteiger partial charge in [-0.15, -0.1) is 11.8 Å². The standard InChI is InChI=1S/C10H15NS3/c1-6(2)11-9(12)5-8-7(10(11)13)3-4-14-8/h5-7,9,12H,3-4H2,1-2H3. The Morgan fingerprint density at radius 3 is 3.00 bits per heavy atom. The molecule has 1 saturated heterocycles. The van der Waals surface area contributed by atoms with Crippen molar-refractivity contribution in [2.75, 3.05) is 5.75 Å². The highest BCUT2D eigenvalue weighted by Crippen LogP contribution is 2.42. The van der Waals surface area contributed by atoms with Crippen molar-refractivity contribution in [2.24, 2.45) is 5.92 Å². The quantitative estimate of drug-likeness (QED) is 0.559. The Bertz CT molecular complexity index is 285. The summed E-state index contributed by atoms with van der Waals surface area (Å²) >= 11 is 12.1. The van der Waals surface area contributed by atoms with Gasteiger partial charge in [0, 0.05) is 12.0 Å². The van der Waals surface area contributed by atoms with Gasteiger partial charge in [0.25, 0.3) is 0 Å². The average Bonchev–Trinajstić information content (AvgIpc) is 2.50. The molecule has 2 unspecified atom stereocenters. The third kappa shape index (κ3) is 1.72. The Morgan fingerprint density at radius 2 is 2.36 bits per heavy atom. The van der Waals surface area contributed by atoms with Gasteiger partial charge >= 0.3 is 0 Å². The average molecular weight is 245 g/mol. The molecule has 14 heavy (non-hydrogen) atoms. The van der Waals surface area contributed by atoms with Crippen molar-refractivity contribution in [3.63, 3.8) is 0 Å². The van der Waals surface area contributed by atoms with E-state index in [0.717, 1.165) is 4.99 Å². The largest absolute Gasteiger partial charge is 0.348 e. The van der Waals surface area contributed by atoms with Crippen LogP contribution in [-0.4, -0.2) is 27.1 Å². The van der Waals surface area contributed by atoms with Gasteiger partial charge in [-0.05, 0) is 37.0 Å². The molecule has 1 fully saturated rings. The van der Waals surface area contributed by atoms with Crippen LogP contribution in [0.5, 0.6) is 0 Å². The zero-order chi connectivity index (χ0) is 10.3. The number of thiol groups is 1. The number of hydrogen-bond donors (Lipinski definition) is 1. The minimum atomic E-state index is 0.180. The minimum absolute atomic E-state index is 0.180. The number of rotatable bonds is 1. The normalized spacial score (nSPS) is 32.1. The lowest BCUT2D eigenvalue weighted by Gasteiger charge is -2.39. The molecular formula is C10H15NS3. The number of thioether (sulfide) groups is 1. The van der Waals surface area contributed by atoms with Crippen LogP contribution in [0.3, 0.4) is 0 Å². The third-order valence-electron chi connectivity index (χ3n) is 2.73. The molecule has 0 aliphatic carbocycles. The molecule has 1 nitrogen and oxygen atoms in total. The van der Waals surface area contributed by atoms with Crippen LogP contribution in [0.15, 0.2) is 11.0 Å². The van der Waals surface area contributed by atoms with E-state index in [-0.39, 0.29) is 5.37 Å². The fourth-order valence-corrected chi connectivity index (χ4v) is 4.66. The summed E-state index contributed by atoms with van der Waals surface area (Å²) in [6.45, 7) is 4.35. The molecule has 2 rings (SSSR count). The summed E-state index contributed by atoms with van der Waals surface area (Å²) in [7, 11) is 0. The van der Waals surface area contributed by atoms with Crippen molar-refractivity contribution >= 4 is 41.6 Å². The van der Waals surface area contributed by atoms with Gasteiger partial charge in [0.2, 0.25) is 0 Å². The lowest BCUT2D eigenvalue weighted by molar-refractivity contribution is 0.346. The molecule has 0 N–H and O–H groups in total. The zero-order valence-electron chi connectivity index (χ0n) is 8.43. The van der Waals surface area contributed by atoms with Crippen LogP contribution in [-0.2, 0) is 0 Å². The summed E-state index contributed by atoms with van der Waals surface area (Å²) in [5.41, 5.74) is 0. The van der Waals surface area contributed by atoms with E-state index in [1.807, 2.05) is 11.8 Å². The maximum absolute atomic E-state index is 5.54. The zero-order valence-corrected chi connectivity index (χ0v) is 11.0. The molecule has 4 heteroatoms. The van der Waals surface area contributed by atoms with Gasteiger partial charge in [-0.3, -0.25) is 0 Å². The van der Waals surface area contributed by atoms with Gasteiger partial charge in [-0.25, -0.2) is 0 Å². The van der Waals surface area contributed by atoms with Crippen LogP contribution >= 0.6 is 36.6 Å². The molecule has 2 aliphatic rings. The molecule has 2 aliphatic heterocycles. The summed E-state index contributed by atoms with van der Waals surface area (Å²) in [5, 5.41) is 0.180. The van der Waals surface area contributed by atoms with E-state index in [2.05, 4.69) is 37.5 Å². The van der Waals surface area contributed by atoms with Crippen LogP contribution in [0.1, 0.15) is 20.3 Å². The molecule has 0 amide bonds. The smallest absolute Gasteiger partial charge is 0.0925 e. The first-order valence-electron chi connectivity index (χ1n) is 4.96. The fraction of sp³-hybridized carbons (Fsp3) is 0.700. The van der Waals surface area contributed by atoms with Crippen LogP contribution in [0.4, 0.5) is 0 Å². The van der Waals surface area contributed by atoms with Crippen LogP contribution in [0.2, 0.25) is 0 Å². The maximum Gasteiger partial charge on any atom is 0.0925 e. The van der Waals surface area contributed by atoms with Gasteiger partial charge < -0.3 is 4.90 Å². The second-order valence-electron chi connectivity index (χ2n) is 4.01. The first kappa shape index (κ1) is 10.8. The topological polar surface area (TPSA) is 3.24 Å². The maximum atomic E-state index is 5.54. The first-order chi connectivity index (χ1) is 6.61. The van der Waals surface area contributed by atoms with Gasteiger partial charge in [-0.2, -0.15) is 12.6 Å². The molecular weight excluding hydrogens is 230 g/mol. The summed E-state index contributed by atoms with van der Waals surface area (Å²) < 4.78 is 0. The molecule has 2 heterocycles. The Kier molecular flexibility index (Phi) is 3.15. The van der Waals surface area contributed by atoms with E-state index in [0.29, 0.717) is 12.0 Å². The van der Waals surface area contributed by atoms with Crippen molar-refractivity contribution in [1.29, 1.82) is 0 Å². The number of hydrogen-bond acceptors (Lipinski definition) is 3. The van der Waals surface area contributed by atoms with Crippen LogP contribution < -0.4 is 0 Å². The Hall–Kier alpha value is 0.330. The van der Waals surface area contributed by atoms with Gasteiger partial charge in [-0.1, -0.05) is 12.2 Å². The summed E-state index contributed by atoms with van der Waals surface area (Å²) in [4.78, 5) is 4.80. The minimum Gasteiger partial charge on any atom is -0.348 e. The van der Waals surface area contributed by atoms with E-state index in [9.17, 15) is 0 Å². The van der Waals surface area contributed by atoms with Gasteiger partial charge in [0.15, 0.2) is 0 Å². The van der Waals surface area contributed by atoms with Crippen molar-refractivity contribution in [3.8, 4) is 0 Å². The second-order valence-corrected chi connectivity index (χ2v) is 6.13. The van der Waals surface area contributed by atoms with Gasteiger partial charge in [0.1, 0.15) is 0 Å². The van der Waals surface area contributed by atoms with E-state index >= 15 is 0 Å². The van der Waals surface area contributed by atoms with E-state index < -0.39 is 0 Å². The molecule has 2 atom stereocenters. The summed E-state index contributed by atoms with van der Waals surface area (Å²) in [6, 6.07) is 0.452. The SMILES string of the molecule is CC(C)N1C(=S)C2CCSC2=CC1S. The lowest BCUT2D eigenvalue weighted by Crippen LogP contribution is -2.46. The van der Waals surface area contributed by atoms with E-state index in [1.165, 1.54) is 17.1 Å². The monoisotopic (exact) mass is 245 g/mol.